The molecule has 3 aromatic rings. The number of ether oxygens (including phenoxy) is 1. The van der Waals surface area contributed by atoms with E-state index in [4.69, 9.17) is 9.73 Å². The van der Waals surface area contributed by atoms with Gasteiger partial charge in [0.2, 0.25) is 0 Å². The minimum atomic E-state index is 0. The normalized spacial score (nSPS) is 11.2. The number of aromatic nitrogens is 4. The maximum Gasteiger partial charge on any atom is 0.191 e. The summed E-state index contributed by atoms with van der Waals surface area (Å²) in [5.74, 6) is 3.34. The monoisotopic (exact) mass is 555 g/mol. The van der Waals surface area contributed by atoms with Crippen molar-refractivity contribution >= 4 is 41.3 Å². The van der Waals surface area contributed by atoms with Crippen LogP contribution in [-0.4, -0.2) is 45.9 Å². The SMILES string of the molecule is COc1ccc(CCNC(=NCc2nnc(C)n2C)NCCc2csc(C)n2)cc1.I. The molecule has 0 aliphatic rings. The van der Waals surface area contributed by atoms with Crippen LogP contribution in [0.3, 0.4) is 0 Å². The first kappa shape index (κ1) is 25.1. The van der Waals surface area contributed by atoms with Gasteiger partial charge >= 0.3 is 0 Å². The highest BCUT2D eigenvalue weighted by Crippen LogP contribution is 2.11. The molecule has 0 amide bonds. The molecule has 0 spiro atoms. The lowest BCUT2D eigenvalue weighted by atomic mass is 10.1. The van der Waals surface area contributed by atoms with E-state index >= 15 is 0 Å². The predicted octanol–water partition coefficient (Wildman–Crippen LogP) is 3.04. The van der Waals surface area contributed by atoms with Gasteiger partial charge in [0, 0.05) is 31.9 Å². The van der Waals surface area contributed by atoms with Crippen LogP contribution in [0.5, 0.6) is 5.75 Å². The van der Waals surface area contributed by atoms with Crippen molar-refractivity contribution < 1.29 is 4.74 Å². The molecule has 0 bridgehead atoms. The molecule has 2 heterocycles. The van der Waals surface area contributed by atoms with Crippen molar-refractivity contribution in [2.24, 2.45) is 12.0 Å². The molecule has 0 atom stereocenters. The molecule has 2 N–H and O–H groups in total. The minimum absolute atomic E-state index is 0. The lowest BCUT2D eigenvalue weighted by Gasteiger charge is -2.12. The third-order valence-electron chi connectivity index (χ3n) is 4.77. The van der Waals surface area contributed by atoms with Gasteiger partial charge in [-0.05, 0) is 38.0 Å². The van der Waals surface area contributed by atoms with Crippen LogP contribution < -0.4 is 15.4 Å². The average molecular weight is 555 g/mol. The number of nitrogens with one attached hydrogen (secondary N) is 2. The van der Waals surface area contributed by atoms with Gasteiger partial charge in [0.1, 0.15) is 18.1 Å². The number of aryl methyl sites for hydroxylation is 2. The second-order valence-corrected chi connectivity index (χ2v) is 8.01. The molecule has 0 aliphatic carbocycles. The number of halogens is 1. The Balaban J connectivity index is 0.00000341. The van der Waals surface area contributed by atoms with Gasteiger partial charge in [-0.1, -0.05) is 12.1 Å². The molecule has 0 aliphatic heterocycles. The summed E-state index contributed by atoms with van der Waals surface area (Å²) in [5, 5.41) is 18.3. The van der Waals surface area contributed by atoms with Crippen molar-refractivity contribution in [2.75, 3.05) is 20.2 Å². The molecule has 31 heavy (non-hydrogen) atoms. The van der Waals surface area contributed by atoms with Crippen molar-refractivity contribution in [1.29, 1.82) is 0 Å². The fourth-order valence-corrected chi connectivity index (χ4v) is 3.51. The summed E-state index contributed by atoms with van der Waals surface area (Å²) in [4.78, 5) is 9.21. The number of rotatable bonds is 9. The summed E-state index contributed by atoms with van der Waals surface area (Å²) < 4.78 is 7.17. The summed E-state index contributed by atoms with van der Waals surface area (Å²) in [5.41, 5.74) is 2.34. The summed E-state index contributed by atoms with van der Waals surface area (Å²) in [6.45, 7) is 5.95. The molecule has 1 aromatic carbocycles. The molecule has 3 rings (SSSR count). The number of hydrogen-bond acceptors (Lipinski definition) is 6. The highest BCUT2D eigenvalue weighted by molar-refractivity contribution is 14.0. The molecule has 0 unspecified atom stereocenters. The third-order valence-corrected chi connectivity index (χ3v) is 5.59. The van der Waals surface area contributed by atoms with Crippen LogP contribution in [0.1, 0.15) is 27.9 Å². The number of hydrogen-bond donors (Lipinski definition) is 2. The lowest BCUT2D eigenvalue weighted by Crippen LogP contribution is -2.39. The number of thiazole rings is 1. The zero-order valence-corrected chi connectivity index (χ0v) is 21.5. The fraction of sp³-hybridized carbons (Fsp3) is 0.429. The molecular formula is C21H30IN7OS. The third kappa shape index (κ3) is 7.76. The predicted molar refractivity (Wildman–Crippen MR) is 136 cm³/mol. The van der Waals surface area contributed by atoms with Crippen LogP contribution in [0, 0.1) is 13.8 Å². The van der Waals surface area contributed by atoms with Gasteiger partial charge in [-0.3, -0.25) is 0 Å². The quantitative estimate of drug-likeness (QED) is 0.240. The van der Waals surface area contributed by atoms with Crippen LogP contribution in [0.25, 0.3) is 0 Å². The average Bonchev–Trinajstić information content (AvgIpc) is 3.31. The Morgan fingerprint density at radius 1 is 1.10 bits per heavy atom. The van der Waals surface area contributed by atoms with Crippen molar-refractivity contribution in [3.8, 4) is 5.75 Å². The molecule has 0 fully saturated rings. The fourth-order valence-electron chi connectivity index (χ4n) is 2.86. The van der Waals surface area contributed by atoms with E-state index < -0.39 is 0 Å². The van der Waals surface area contributed by atoms with Gasteiger partial charge in [0.15, 0.2) is 11.8 Å². The molecule has 0 saturated carbocycles. The Bertz CT molecular complexity index is 969. The first-order valence-electron chi connectivity index (χ1n) is 9.96. The van der Waals surface area contributed by atoms with E-state index in [9.17, 15) is 0 Å². The highest BCUT2D eigenvalue weighted by atomic mass is 127. The standard InChI is InChI=1S/C21H29N7OS.HI/c1-15-26-27-20(28(15)3)13-24-21(23-12-10-18-14-30-16(2)25-18)22-11-9-17-5-7-19(29-4)8-6-17;/h5-8,14H,9-13H2,1-4H3,(H2,22,23,24);1H. The Kier molecular flexibility index (Phi) is 10.2. The molecule has 168 valence electrons. The summed E-state index contributed by atoms with van der Waals surface area (Å²) >= 11 is 1.68. The molecule has 0 saturated heterocycles. The van der Waals surface area contributed by atoms with Gasteiger partial charge in [-0.25, -0.2) is 9.98 Å². The van der Waals surface area contributed by atoms with Crippen molar-refractivity contribution in [1.82, 2.24) is 30.4 Å². The van der Waals surface area contributed by atoms with Gasteiger partial charge in [0.05, 0.1) is 17.8 Å². The van der Waals surface area contributed by atoms with Crippen LogP contribution in [0.4, 0.5) is 0 Å². The number of nitrogens with zero attached hydrogens (tertiary/aromatic N) is 5. The lowest BCUT2D eigenvalue weighted by molar-refractivity contribution is 0.414. The van der Waals surface area contributed by atoms with Gasteiger partial charge < -0.3 is 19.9 Å². The Morgan fingerprint density at radius 3 is 2.39 bits per heavy atom. The first-order chi connectivity index (χ1) is 14.5. The van der Waals surface area contributed by atoms with E-state index in [1.807, 2.05) is 37.6 Å². The summed E-state index contributed by atoms with van der Waals surface area (Å²) in [7, 11) is 3.63. The molecule has 8 nitrogen and oxygen atoms in total. The van der Waals surface area contributed by atoms with E-state index in [0.29, 0.717) is 6.54 Å². The second kappa shape index (κ2) is 12.6. The van der Waals surface area contributed by atoms with Gasteiger partial charge in [-0.15, -0.1) is 45.5 Å². The van der Waals surface area contributed by atoms with E-state index in [0.717, 1.165) is 60.0 Å². The first-order valence-corrected chi connectivity index (χ1v) is 10.8. The number of methoxy groups -OCH3 is 1. The Labute approximate surface area is 204 Å². The topological polar surface area (TPSA) is 89.2 Å². The number of benzene rings is 1. The summed E-state index contributed by atoms with van der Waals surface area (Å²) in [6.07, 6.45) is 1.74. The smallest absolute Gasteiger partial charge is 0.191 e. The maximum atomic E-state index is 5.22. The highest BCUT2D eigenvalue weighted by Gasteiger charge is 2.06. The van der Waals surface area contributed by atoms with Gasteiger partial charge in [0.25, 0.3) is 0 Å². The van der Waals surface area contributed by atoms with E-state index in [1.54, 1.807) is 18.4 Å². The zero-order valence-electron chi connectivity index (χ0n) is 18.4. The van der Waals surface area contributed by atoms with Crippen molar-refractivity contribution in [3.05, 3.63) is 57.6 Å². The second-order valence-electron chi connectivity index (χ2n) is 6.95. The molecule has 10 heteroatoms. The van der Waals surface area contributed by atoms with E-state index in [1.165, 1.54) is 5.56 Å². The van der Waals surface area contributed by atoms with Crippen molar-refractivity contribution in [2.45, 2.75) is 33.2 Å². The molecule has 2 aromatic heterocycles. The van der Waals surface area contributed by atoms with Gasteiger partial charge in [-0.2, -0.15) is 0 Å². The van der Waals surface area contributed by atoms with Crippen LogP contribution >= 0.6 is 35.3 Å². The van der Waals surface area contributed by atoms with E-state index in [2.05, 4.69) is 43.3 Å². The molecule has 0 radical (unpaired) electrons. The minimum Gasteiger partial charge on any atom is -0.497 e. The van der Waals surface area contributed by atoms with Crippen LogP contribution in [-0.2, 0) is 26.4 Å². The zero-order chi connectivity index (χ0) is 21.3. The Morgan fingerprint density at radius 2 is 1.81 bits per heavy atom. The maximum absolute atomic E-state index is 5.22. The number of aliphatic imine (C=N–C) groups is 1. The number of guanidine groups is 1. The van der Waals surface area contributed by atoms with E-state index in [-0.39, 0.29) is 24.0 Å². The van der Waals surface area contributed by atoms with Crippen LogP contribution in [0.2, 0.25) is 0 Å². The molecular weight excluding hydrogens is 525 g/mol. The van der Waals surface area contributed by atoms with Crippen LogP contribution in [0.15, 0.2) is 34.6 Å². The van der Waals surface area contributed by atoms with Crippen molar-refractivity contribution in [3.63, 3.8) is 0 Å². The summed E-state index contributed by atoms with van der Waals surface area (Å²) in [6, 6.07) is 8.12. The largest absolute Gasteiger partial charge is 0.497 e. The Hall–Kier alpha value is -2.21.